The molecule has 0 aliphatic carbocycles. The Morgan fingerprint density at radius 1 is 1.22 bits per heavy atom. The number of carbonyl (C=O) groups is 2. The molecule has 0 bridgehead atoms. The molecule has 5 nitrogen and oxygen atoms in total. The predicted molar refractivity (Wildman–Crippen MR) is 114 cm³/mol. The van der Waals surface area contributed by atoms with E-state index in [0.717, 1.165) is 13.0 Å². The van der Waals surface area contributed by atoms with Gasteiger partial charge in [0.1, 0.15) is 11.9 Å². The fraction of sp³-hybridized carbons (Fsp3) is 0.652. The molecule has 9 heteroatoms. The topological polar surface area (TPSA) is 58.6 Å². The summed E-state index contributed by atoms with van der Waals surface area (Å²) in [6, 6.07) is 2.51. The van der Waals surface area contributed by atoms with Gasteiger partial charge in [0, 0.05) is 0 Å². The summed E-state index contributed by atoms with van der Waals surface area (Å²) in [7, 11) is 0. The summed E-state index contributed by atoms with van der Waals surface area (Å²) in [6.07, 6.45) is -2.93. The molecule has 0 unspecified atom stereocenters. The van der Waals surface area contributed by atoms with Crippen molar-refractivity contribution in [2.24, 2.45) is 17.8 Å². The summed E-state index contributed by atoms with van der Waals surface area (Å²) in [4.78, 5) is 26.4. The Bertz CT molecular complexity index is 792. The van der Waals surface area contributed by atoms with Crippen molar-refractivity contribution in [3.05, 3.63) is 29.6 Å². The van der Waals surface area contributed by atoms with Gasteiger partial charge in [0.05, 0.1) is 24.1 Å². The number of nitrogens with one attached hydrogen (secondary N) is 1. The third-order valence-corrected chi connectivity index (χ3v) is 5.99. The normalized spacial score (nSPS) is 18.6. The van der Waals surface area contributed by atoms with Gasteiger partial charge in [-0.3, -0.25) is 14.5 Å². The van der Waals surface area contributed by atoms with Gasteiger partial charge in [-0.25, -0.2) is 4.39 Å². The van der Waals surface area contributed by atoms with Crippen LogP contribution in [0.2, 0.25) is 0 Å². The van der Waals surface area contributed by atoms with Crippen LogP contribution in [0.5, 0.6) is 0 Å². The number of alkyl halides is 3. The highest BCUT2D eigenvalue weighted by Gasteiger charge is 2.47. The molecule has 1 N–H and O–H groups in total. The van der Waals surface area contributed by atoms with Crippen LogP contribution in [-0.4, -0.2) is 48.7 Å². The number of anilines is 1. The highest BCUT2D eigenvalue weighted by molar-refractivity contribution is 5.95. The zero-order valence-corrected chi connectivity index (χ0v) is 19.0. The Kier molecular flexibility index (Phi) is 9.07. The molecule has 32 heavy (non-hydrogen) atoms. The van der Waals surface area contributed by atoms with Crippen molar-refractivity contribution in [3.8, 4) is 0 Å². The highest BCUT2D eigenvalue weighted by atomic mass is 19.4. The number of rotatable bonds is 8. The molecule has 0 radical (unpaired) electrons. The van der Waals surface area contributed by atoms with E-state index in [-0.39, 0.29) is 18.7 Å². The van der Waals surface area contributed by atoms with Gasteiger partial charge < -0.3 is 10.1 Å². The Hall–Kier alpha value is -2.16. The molecule has 0 aromatic heterocycles. The van der Waals surface area contributed by atoms with E-state index in [2.05, 4.69) is 5.32 Å². The lowest BCUT2D eigenvalue weighted by molar-refractivity contribution is -0.189. The summed E-state index contributed by atoms with van der Waals surface area (Å²) in [5, 5.41) is 2.37. The van der Waals surface area contributed by atoms with Crippen LogP contribution in [0, 0.1) is 23.6 Å². The third kappa shape index (κ3) is 6.92. The van der Waals surface area contributed by atoms with Crippen molar-refractivity contribution >= 4 is 17.6 Å². The maximum Gasteiger partial charge on any atom is 0.393 e. The minimum absolute atomic E-state index is 0.201. The maximum atomic E-state index is 14.4. The van der Waals surface area contributed by atoms with Crippen LogP contribution in [-0.2, 0) is 20.7 Å². The Labute approximate surface area is 186 Å². The average Bonchev–Trinajstić information content (AvgIpc) is 2.71. The second-order valence-electron chi connectivity index (χ2n) is 8.65. The van der Waals surface area contributed by atoms with Gasteiger partial charge in [-0.05, 0) is 62.9 Å². The first-order chi connectivity index (χ1) is 14.9. The Morgan fingerprint density at radius 2 is 1.84 bits per heavy atom. The third-order valence-electron chi connectivity index (χ3n) is 5.99. The predicted octanol–water partition coefficient (Wildman–Crippen LogP) is 4.80. The number of hydrogen-bond acceptors (Lipinski definition) is 4. The van der Waals surface area contributed by atoms with Crippen LogP contribution in [0.1, 0.15) is 46.1 Å². The molecule has 180 valence electrons. The number of hydrogen-bond donors (Lipinski definition) is 1. The van der Waals surface area contributed by atoms with E-state index in [1.165, 1.54) is 17.0 Å². The number of esters is 1. The summed E-state index contributed by atoms with van der Waals surface area (Å²) < 4.78 is 60.0. The van der Waals surface area contributed by atoms with Gasteiger partial charge in [0.25, 0.3) is 0 Å². The van der Waals surface area contributed by atoms with Gasteiger partial charge in [-0.15, -0.1) is 0 Å². The fourth-order valence-electron chi connectivity index (χ4n) is 3.92. The molecule has 1 aliphatic rings. The van der Waals surface area contributed by atoms with Crippen LogP contribution < -0.4 is 5.32 Å². The number of ether oxygens (including phenoxy) is 1. The van der Waals surface area contributed by atoms with Gasteiger partial charge >= 0.3 is 12.1 Å². The number of amides is 1. The van der Waals surface area contributed by atoms with Gasteiger partial charge in [-0.2, -0.15) is 13.2 Å². The minimum Gasteiger partial charge on any atom is -0.466 e. The molecule has 1 fully saturated rings. The number of nitrogens with zero attached hydrogens (tertiary/aromatic N) is 1. The molecular formula is C23H32F4N2O3. The van der Waals surface area contributed by atoms with Gasteiger partial charge in [-0.1, -0.05) is 26.8 Å². The first-order valence-electron chi connectivity index (χ1n) is 11.0. The van der Waals surface area contributed by atoms with Gasteiger partial charge in [0.15, 0.2) is 0 Å². The molecule has 1 aromatic rings. The number of carbonyl (C=O) groups excluding carboxylic acids is 2. The minimum atomic E-state index is -4.57. The van der Waals surface area contributed by atoms with Crippen LogP contribution >= 0.6 is 0 Å². The zero-order valence-electron chi connectivity index (χ0n) is 19.0. The largest absolute Gasteiger partial charge is 0.466 e. The van der Waals surface area contributed by atoms with E-state index in [1.807, 2.05) is 6.92 Å². The first-order valence-corrected chi connectivity index (χ1v) is 11.0. The smallest absolute Gasteiger partial charge is 0.393 e. The molecule has 2 rings (SSSR count). The molecule has 1 saturated heterocycles. The summed E-state index contributed by atoms with van der Waals surface area (Å²) in [6.45, 7) is 7.35. The molecular weight excluding hydrogens is 428 g/mol. The highest BCUT2D eigenvalue weighted by Crippen LogP contribution is 2.33. The van der Waals surface area contributed by atoms with Crippen molar-refractivity contribution in [1.29, 1.82) is 0 Å². The molecule has 3 atom stereocenters. The first kappa shape index (κ1) is 26.1. The van der Waals surface area contributed by atoms with Crippen LogP contribution in [0.25, 0.3) is 0 Å². The van der Waals surface area contributed by atoms with E-state index in [1.54, 1.807) is 13.8 Å². The second kappa shape index (κ2) is 11.1. The lowest BCUT2D eigenvalue weighted by atomic mass is 9.92. The number of benzene rings is 1. The molecule has 1 heterocycles. The average molecular weight is 461 g/mol. The lowest BCUT2D eigenvalue weighted by Gasteiger charge is -2.39. The van der Waals surface area contributed by atoms with E-state index < -0.39 is 41.7 Å². The van der Waals surface area contributed by atoms with Crippen molar-refractivity contribution < 1.29 is 31.9 Å². The zero-order chi connectivity index (χ0) is 24.1. The SMILES string of the molecule is CCOC(=O)[C@@H](C)Cc1ccc(F)c(NC(=O)[C@@H]([C@@H](C)C(F)(F)F)N2CCC(C)CC2)c1. The maximum absolute atomic E-state index is 14.4. The van der Waals surface area contributed by atoms with Crippen molar-refractivity contribution in [2.75, 3.05) is 25.0 Å². The van der Waals surface area contributed by atoms with E-state index in [0.29, 0.717) is 37.4 Å². The Morgan fingerprint density at radius 3 is 2.41 bits per heavy atom. The molecule has 1 amide bonds. The van der Waals surface area contributed by atoms with Crippen molar-refractivity contribution in [2.45, 2.75) is 59.2 Å². The fourth-order valence-corrected chi connectivity index (χ4v) is 3.92. The number of halogens is 4. The Balaban J connectivity index is 2.22. The summed E-state index contributed by atoms with van der Waals surface area (Å²) in [5.74, 6) is -4.06. The van der Waals surface area contributed by atoms with E-state index >= 15 is 0 Å². The molecule has 0 saturated carbocycles. The van der Waals surface area contributed by atoms with Crippen molar-refractivity contribution in [3.63, 3.8) is 0 Å². The van der Waals surface area contributed by atoms with Gasteiger partial charge in [0.2, 0.25) is 5.91 Å². The number of likely N-dealkylation sites (tertiary alicyclic amines) is 1. The summed E-state index contributed by atoms with van der Waals surface area (Å²) in [5.41, 5.74) is 0.364. The van der Waals surface area contributed by atoms with Crippen LogP contribution in [0.4, 0.5) is 23.2 Å². The molecule has 1 aliphatic heterocycles. The van der Waals surface area contributed by atoms with Crippen LogP contribution in [0.15, 0.2) is 18.2 Å². The van der Waals surface area contributed by atoms with Crippen molar-refractivity contribution in [1.82, 2.24) is 4.90 Å². The second-order valence-corrected chi connectivity index (χ2v) is 8.65. The monoisotopic (exact) mass is 460 g/mol. The van der Waals surface area contributed by atoms with E-state index in [9.17, 15) is 27.2 Å². The molecule has 0 spiro atoms. The van der Waals surface area contributed by atoms with Crippen LogP contribution in [0.3, 0.4) is 0 Å². The van der Waals surface area contributed by atoms with E-state index in [4.69, 9.17) is 4.74 Å². The number of piperidine rings is 1. The standard InChI is InChI=1S/C23H32F4N2O3/c1-5-32-22(31)15(3)12-17-6-7-18(24)19(13-17)28-21(30)20(16(4)23(25,26)27)29-10-8-14(2)9-11-29/h6-7,13-16,20H,5,8-12H2,1-4H3,(H,28,30)/t15-,16+,20+/m0/s1. The quantitative estimate of drug-likeness (QED) is 0.447. The lowest BCUT2D eigenvalue weighted by Crippen LogP contribution is -2.54. The summed E-state index contributed by atoms with van der Waals surface area (Å²) >= 11 is 0. The molecule has 1 aromatic carbocycles.